The first kappa shape index (κ1) is 17.1. The van der Waals surface area contributed by atoms with E-state index >= 15 is 0 Å². The van der Waals surface area contributed by atoms with Crippen molar-refractivity contribution in [2.24, 2.45) is 0 Å². The van der Waals surface area contributed by atoms with Gasteiger partial charge in [-0.1, -0.05) is 6.92 Å². The van der Waals surface area contributed by atoms with Gasteiger partial charge in [0.2, 0.25) is 0 Å². The Kier molecular flexibility index (Phi) is 4.74. The van der Waals surface area contributed by atoms with E-state index in [0.717, 1.165) is 42.9 Å². The fraction of sp³-hybridized carbons (Fsp3) is 0.500. The number of halogens is 1. The first-order valence-corrected chi connectivity index (χ1v) is 8.33. The van der Waals surface area contributed by atoms with Crippen LogP contribution in [0.4, 0.5) is 0 Å². The Morgan fingerprint density at radius 2 is 2.25 bits per heavy atom. The number of rotatable bonds is 4. The van der Waals surface area contributed by atoms with E-state index in [2.05, 4.69) is 16.0 Å². The maximum Gasteiger partial charge on any atom is 0.329 e. The van der Waals surface area contributed by atoms with Crippen molar-refractivity contribution in [2.75, 3.05) is 26.8 Å². The van der Waals surface area contributed by atoms with Gasteiger partial charge in [-0.3, -0.25) is 4.90 Å². The molecule has 0 aliphatic carbocycles. The minimum Gasteiger partial charge on any atom is -0.497 e. The summed E-state index contributed by atoms with van der Waals surface area (Å²) in [7, 11) is 1.68. The molecule has 130 valence electrons. The van der Waals surface area contributed by atoms with Crippen LogP contribution in [0.2, 0.25) is 0 Å². The Morgan fingerprint density at radius 1 is 1.42 bits per heavy atom. The summed E-state index contributed by atoms with van der Waals surface area (Å²) in [4.78, 5) is 18.3. The van der Waals surface area contributed by atoms with Crippen molar-refractivity contribution in [1.82, 2.24) is 9.88 Å². The van der Waals surface area contributed by atoms with Gasteiger partial charge in [0.05, 0.1) is 13.7 Å². The molecule has 1 N–H and O–H groups in total. The highest BCUT2D eigenvalue weighted by molar-refractivity contribution is 5.90. The minimum atomic E-state index is -0.298. The number of aromatic nitrogens is 1. The third-order valence-corrected chi connectivity index (χ3v) is 5.01. The molecule has 0 spiro atoms. The molecular formula is C18H23ClN2O3. The van der Waals surface area contributed by atoms with Crippen LogP contribution in [-0.4, -0.2) is 42.7 Å². The summed E-state index contributed by atoms with van der Waals surface area (Å²) >= 11 is 0. The van der Waals surface area contributed by atoms with Crippen molar-refractivity contribution in [3.63, 3.8) is 0 Å². The predicted molar refractivity (Wildman–Crippen MR) is 95.0 cm³/mol. The molecule has 1 aromatic carbocycles. The van der Waals surface area contributed by atoms with Gasteiger partial charge in [0.25, 0.3) is 0 Å². The normalized spacial score (nSPS) is 24.3. The van der Waals surface area contributed by atoms with Gasteiger partial charge in [0.15, 0.2) is 0 Å². The number of hydrogen-bond acceptors (Lipinski definition) is 4. The van der Waals surface area contributed by atoms with E-state index in [4.69, 9.17) is 9.47 Å². The molecule has 2 bridgehead atoms. The number of carbonyl (C=O) groups is 1. The number of carbonyl (C=O) groups excluding carboxylic acids is 1. The molecule has 2 aliphatic rings. The average Bonchev–Trinajstić information content (AvgIpc) is 3.14. The van der Waals surface area contributed by atoms with E-state index in [-0.39, 0.29) is 24.4 Å². The lowest BCUT2D eigenvalue weighted by Crippen LogP contribution is -2.37. The van der Waals surface area contributed by atoms with E-state index in [1.54, 1.807) is 7.11 Å². The van der Waals surface area contributed by atoms with Crippen molar-refractivity contribution in [2.45, 2.75) is 31.7 Å². The van der Waals surface area contributed by atoms with Gasteiger partial charge >= 0.3 is 5.97 Å². The van der Waals surface area contributed by atoms with Gasteiger partial charge in [-0.15, -0.1) is 12.4 Å². The number of ether oxygens (including phenoxy) is 2. The molecule has 2 aliphatic heterocycles. The van der Waals surface area contributed by atoms with E-state index < -0.39 is 0 Å². The number of benzene rings is 1. The molecule has 4 rings (SSSR count). The molecule has 6 heteroatoms. The largest absolute Gasteiger partial charge is 0.497 e. The molecule has 5 nitrogen and oxygen atoms in total. The molecule has 0 saturated carbocycles. The number of aromatic amines is 1. The summed E-state index contributed by atoms with van der Waals surface area (Å²) in [6.45, 7) is 4.38. The maximum atomic E-state index is 12.6. The second-order valence-electron chi connectivity index (χ2n) is 6.41. The molecule has 3 heterocycles. The second kappa shape index (κ2) is 6.65. The van der Waals surface area contributed by atoms with Crippen molar-refractivity contribution in [1.29, 1.82) is 0 Å². The summed E-state index contributed by atoms with van der Waals surface area (Å²) in [5.41, 5.74) is 3.37. The zero-order valence-electron chi connectivity index (χ0n) is 14.0. The first-order valence-electron chi connectivity index (χ1n) is 8.33. The summed E-state index contributed by atoms with van der Waals surface area (Å²) in [5.74, 6) is 1.21. The van der Waals surface area contributed by atoms with Crippen molar-refractivity contribution in [3.8, 4) is 5.75 Å². The highest BCUT2D eigenvalue weighted by Gasteiger charge is 2.44. The smallest absolute Gasteiger partial charge is 0.329 e. The van der Waals surface area contributed by atoms with Crippen LogP contribution in [-0.2, 0) is 9.53 Å². The van der Waals surface area contributed by atoms with Crippen molar-refractivity contribution >= 4 is 29.3 Å². The molecule has 3 atom stereocenters. The monoisotopic (exact) mass is 350 g/mol. The highest BCUT2D eigenvalue weighted by atomic mass is 35.5. The number of fused-ring (bicyclic) bond motifs is 6. The van der Waals surface area contributed by atoms with Gasteiger partial charge in [-0.05, 0) is 43.1 Å². The van der Waals surface area contributed by atoms with Crippen LogP contribution in [0.15, 0.2) is 18.2 Å². The van der Waals surface area contributed by atoms with Crippen LogP contribution < -0.4 is 4.74 Å². The third-order valence-electron chi connectivity index (χ3n) is 5.01. The summed E-state index contributed by atoms with van der Waals surface area (Å²) in [5, 5.41) is 1.18. The van der Waals surface area contributed by atoms with Crippen LogP contribution in [0.3, 0.4) is 0 Å². The molecule has 24 heavy (non-hydrogen) atoms. The van der Waals surface area contributed by atoms with Crippen LogP contribution in [0.5, 0.6) is 5.75 Å². The Bertz CT molecular complexity index is 758. The lowest BCUT2D eigenvalue weighted by molar-refractivity contribution is -0.150. The molecule has 0 radical (unpaired) electrons. The summed E-state index contributed by atoms with van der Waals surface area (Å²) in [6, 6.07) is 5.76. The number of nitrogens with zero attached hydrogens (tertiary/aromatic N) is 1. The Labute approximate surface area is 147 Å². The second-order valence-corrected chi connectivity index (χ2v) is 6.41. The van der Waals surface area contributed by atoms with Crippen LogP contribution in [0.1, 0.15) is 43.0 Å². The predicted octanol–water partition coefficient (Wildman–Crippen LogP) is 3.40. The number of methoxy groups -OCH3 is 1. The fourth-order valence-corrected chi connectivity index (χ4v) is 3.98. The average molecular weight is 351 g/mol. The highest BCUT2D eigenvalue weighted by Crippen LogP contribution is 2.46. The number of H-pyrrole nitrogens is 1. The van der Waals surface area contributed by atoms with Gasteiger partial charge in [-0.2, -0.15) is 0 Å². The van der Waals surface area contributed by atoms with Gasteiger partial charge in [0.1, 0.15) is 11.8 Å². The van der Waals surface area contributed by atoms with Gasteiger partial charge in [-0.25, -0.2) is 4.79 Å². The maximum absolute atomic E-state index is 12.6. The van der Waals surface area contributed by atoms with E-state index in [0.29, 0.717) is 12.5 Å². The minimum absolute atomic E-state index is 0. The molecule has 2 aromatic rings. The zero-order valence-corrected chi connectivity index (χ0v) is 14.8. The SMILES string of the molecule is CCCOC(=O)C1c2[nH]c3ccc(OC)cc3c2C2CCN1C2.Cl. The van der Waals surface area contributed by atoms with Crippen LogP contribution >= 0.6 is 12.4 Å². The lowest BCUT2D eigenvalue weighted by Gasteiger charge is -2.30. The number of hydrogen-bond donors (Lipinski definition) is 1. The van der Waals surface area contributed by atoms with Crippen molar-refractivity contribution < 1.29 is 14.3 Å². The Morgan fingerprint density at radius 3 is 3.00 bits per heavy atom. The standard InChI is InChI=1S/C18H22N2O3.ClH/c1-3-8-23-18(21)17-16-15(11-6-7-20(17)10-11)13-9-12(22-2)4-5-14(13)19-16;/h4-5,9,11,17,19H,3,6-8,10H2,1-2H3;1H. The molecule has 1 fully saturated rings. The molecule has 0 amide bonds. The van der Waals surface area contributed by atoms with Crippen molar-refractivity contribution in [3.05, 3.63) is 29.5 Å². The van der Waals surface area contributed by atoms with E-state index in [1.807, 2.05) is 19.1 Å². The Balaban J connectivity index is 0.00000169. The fourth-order valence-electron chi connectivity index (χ4n) is 3.98. The molecule has 1 saturated heterocycles. The lowest BCUT2D eigenvalue weighted by atomic mass is 9.90. The van der Waals surface area contributed by atoms with Gasteiger partial charge < -0.3 is 14.5 Å². The molecule has 3 unspecified atom stereocenters. The summed E-state index contributed by atoms with van der Waals surface area (Å²) in [6.07, 6.45) is 1.94. The molecular weight excluding hydrogens is 328 g/mol. The van der Waals surface area contributed by atoms with Crippen LogP contribution in [0, 0.1) is 0 Å². The zero-order chi connectivity index (χ0) is 16.0. The summed E-state index contributed by atoms with van der Waals surface area (Å²) < 4.78 is 10.8. The quantitative estimate of drug-likeness (QED) is 0.859. The van der Waals surface area contributed by atoms with E-state index in [1.165, 1.54) is 10.9 Å². The van der Waals surface area contributed by atoms with Gasteiger partial charge in [0, 0.05) is 29.1 Å². The number of esters is 1. The Hall–Kier alpha value is -1.72. The first-order chi connectivity index (χ1) is 11.2. The molecule has 1 aromatic heterocycles. The van der Waals surface area contributed by atoms with Crippen LogP contribution in [0.25, 0.3) is 10.9 Å². The number of nitrogens with one attached hydrogen (secondary N) is 1. The third kappa shape index (κ3) is 2.56. The topological polar surface area (TPSA) is 54.6 Å². The van der Waals surface area contributed by atoms with E-state index in [9.17, 15) is 4.79 Å².